The number of rotatable bonds is 11. The second kappa shape index (κ2) is 23.9. The minimum absolute atomic E-state index is 0.694. The summed E-state index contributed by atoms with van der Waals surface area (Å²) in [5, 5.41) is 47.7. The van der Waals surface area contributed by atoms with E-state index in [0.717, 1.165) is 56.9 Å². The Hall–Kier alpha value is -5.45. The molecule has 254 valence electrons. The van der Waals surface area contributed by atoms with Crippen LogP contribution in [-0.2, 0) is 35.2 Å². The van der Waals surface area contributed by atoms with Gasteiger partial charge in [-0.05, 0) is 81.4 Å². The lowest BCUT2D eigenvalue weighted by molar-refractivity contribution is -0.159. The fourth-order valence-corrected chi connectivity index (χ4v) is 3.59. The molecule has 17 nitrogen and oxygen atoms in total. The van der Waals surface area contributed by atoms with Crippen molar-refractivity contribution in [3.63, 3.8) is 0 Å². The number of pyridine rings is 1. The topological polar surface area (TPSA) is 287 Å². The number of benzene rings is 1. The van der Waals surface area contributed by atoms with E-state index >= 15 is 0 Å². The maximum atomic E-state index is 9.10. The molecule has 2 aromatic rings. The molecule has 0 atom stereocenters. The fourth-order valence-electron chi connectivity index (χ4n) is 3.59. The van der Waals surface area contributed by atoms with Crippen molar-refractivity contribution in [1.82, 2.24) is 9.88 Å². The lowest BCUT2D eigenvalue weighted by Gasteiger charge is -2.26. The lowest BCUT2D eigenvalue weighted by atomic mass is 10.1. The molecule has 1 saturated heterocycles. The van der Waals surface area contributed by atoms with Crippen LogP contribution in [0.2, 0.25) is 0 Å². The second-order valence-electron chi connectivity index (χ2n) is 9.44. The molecule has 0 aliphatic carbocycles. The van der Waals surface area contributed by atoms with Crippen molar-refractivity contribution in [3.8, 4) is 5.75 Å². The third kappa shape index (κ3) is 22.1. The van der Waals surface area contributed by atoms with Crippen LogP contribution in [0, 0.1) is 0 Å². The van der Waals surface area contributed by atoms with Gasteiger partial charge in [0.15, 0.2) is 0 Å². The number of hydrogen-bond donors (Lipinski definition) is 8. The Bertz CT molecular complexity index is 1140. The van der Waals surface area contributed by atoms with Crippen molar-refractivity contribution in [3.05, 3.63) is 48.2 Å². The Kier molecular flexibility index (Phi) is 21.1. The molecule has 0 unspecified atom stereocenters. The van der Waals surface area contributed by atoms with Gasteiger partial charge >= 0.3 is 35.8 Å². The molecule has 46 heavy (non-hydrogen) atoms. The van der Waals surface area contributed by atoms with E-state index in [1.165, 1.54) is 37.9 Å². The SMILES string of the molecule is Nc1ccc(NCCCCc2ccc(OCCCN3CCCCC3)cc2)nc1.O=C(O)C(=O)O.O=C(O)C(=O)O.O=C(O)C(=O)O. The number of aliphatic carboxylic acids is 6. The summed E-state index contributed by atoms with van der Waals surface area (Å²) in [5.74, 6) is -9.07. The summed E-state index contributed by atoms with van der Waals surface area (Å²) < 4.78 is 5.90. The largest absolute Gasteiger partial charge is 0.494 e. The minimum Gasteiger partial charge on any atom is -0.494 e. The van der Waals surface area contributed by atoms with Crippen molar-refractivity contribution in [2.24, 2.45) is 0 Å². The summed E-state index contributed by atoms with van der Waals surface area (Å²) in [5.41, 5.74) is 7.70. The number of piperidine rings is 1. The number of likely N-dealkylation sites (tertiary alicyclic amines) is 1. The molecule has 1 aromatic heterocycles. The number of aromatic nitrogens is 1. The van der Waals surface area contributed by atoms with E-state index in [-0.39, 0.29) is 0 Å². The summed E-state index contributed by atoms with van der Waals surface area (Å²) in [7, 11) is 0. The van der Waals surface area contributed by atoms with Gasteiger partial charge in [0.05, 0.1) is 18.5 Å². The first kappa shape index (κ1) is 40.5. The molecule has 0 radical (unpaired) electrons. The minimum atomic E-state index is -1.82. The van der Waals surface area contributed by atoms with E-state index in [1.807, 2.05) is 12.1 Å². The van der Waals surface area contributed by atoms with Gasteiger partial charge < -0.3 is 51.3 Å². The smallest absolute Gasteiger partial charge is 0.414 e. The van der Waals surface area contributed by atoms with Gasteiger partial charge in [0, 0.05) is 13.1 Å². The Morgan fingerprint density at radius 2 is 1.24 bits per heavy atom. The lowest BCUT2D eigenvalue weighted by Crippen LogP contribution is -2.31. The molecule has 3 rings (SSSR count). The van der Waals surface area contributed by atoms with Crippen LogP contribution in [0.3, 0.4) is 0 Å². The summed E-state index contributed by atoms with van der Waals surface area (Å²) in [6, 6.07) is 12.4. The number of anilines is 2. The normalized spacial score (nSPS) is 11.8. The van der Waals surface area contributed by atoms with Gasteiger partial charge in [0.25, 0.3) is 0 Å². The quantitative estimate of drug-likeness (QED) is 0.127. The zero-order chi connectivity index (χ0) is 34.9. The van der Waals surface area contributed by atoms with Gasteiger partial charge in [-0.3, -0.25) is 0 Å². The monoisotopic (exact) mass is 652 g/mol. The van der Waals surface area contributed by atoms with E-state index in [4.69, 9.17) is 69.9 Å². The van der Waals surface area contributed by atoms with Crippen LogP contribution < -0.4 is 15.8 Å². The molecule has 1 aliphatic heterocycles. The number of nitrogens with one attached hydrogen (secondary N) is 1. The number of aryl methyl sites for hydroxylation is 1. The van der Waals surface area contributed by atoms with Gasteiger partial charge in [-0.1, -0.05) is 18.6 Å². The van der Waals surface area contributed by atoms with Gasteiger partial charge in [-0.2, -0.15) is 0 Å². The summed E-state index contributed by atoms with van der Waals surface area (Å²) >= 11 is 0. The standard InChI is InChI=1S/C23H34N4O.3C2H2O4/c24-21-10-13-23(26-19-21)25-14-3-2-7-20-8-11-22(12-9-20)28-18-6-17-27-15-4-1-5-16-27;3*3-1(4)2(5)6/h8-13,19H,1-7,14-18,24H2,(H,25,26);3*(H,3,4)(H,5,6). The van der Waals surface area contributed by atoms with Gasteiger partial charge in [-0.25, -0.2) is 33.8 Å². The Balaban J connectivity index is 0.000000919. The van der Waals surface area contributed by atoms with Gasteiger partial charge in [0.1, 0.15) is 11.6 Å². The van der Waals surface area contributed by atoms with E-state index < -0.39 is 35.8 Å². The van der Waals surface area contributed by atoms with Crippen LogP contribution >= 0.6 is 0 Å². The van der Waals surface area contributed by atoms with E-state index in [0.29, 0.717) is 5.69 Å². The predicted molar refractivity (Wildman–Crippen MR) is 163 cm³/mol. The Labute approximate surface area is 264 Å². The Morgan fingerprint density at radius 1 is 0.717 bits per heavy atom. The number of carbonyl (C=O) groups is 6. The van der Waals surface area contributed by atoms with Crippen LogP contribution in [-0.4, -0.2) is 109 Å². The molecule has 17 heteroatoms. The molecule has 0 amide bonds. The average molecular weight is 653 g/mol. The highest BCUT2D eigenvalue weighted by Gasteiger charge is 2.09. The third-order valence-electron chi connectivity index (χ3n) is 5.79. The number of nitrogens with two attached hydrogens (primary N) is 1. The average Bonchev–Trinajstić information content (AvgIpc) is 3.02. The Morgan fingerprint density at radius 3 is 1.70 bits per heavy atom. The second-order valence-corrected chi connectivity index (χ2v) is 9.44. The maximum Gasteiger partial charge on any atom is 0.414 e. The molecule has 9 N–H and O–H groups in total. The number of carboxylic acids is 6. The van der Waals surface area contributed by atoms with Crippen LogP contribution in [0.5, 0.6) is 5.75 Å². The molecule has 2 heterocycles. The summed E-state index contributed by atoms with van der Waals surface area (Å²) in [6.07, 6.45) is 10.3. The van der Waals surface area contributed by atoms with Crippen molar-refractivity contribution < 1.29 is 64.1 Å². The molecule has 1 fully saturated rings. The zero-order valence-corrected chi connectivity index (χ0v) is 25.0. The number of nitrogen functional groups attached to an aromatic ring is 1. The molecular weight excluding hydrogens is 612 g/mol. The van der Waals surface area contributed by atoms with Gasteiger partial charge in [0.2, 0.25) is 0 Å². The summed E-state index contributed by atoms with van der Waals surface area (Å²) in [6.45, 7) is 5.43. The van der Waals surface area contributed by atoms with Crippen molar-refractivity contribution in [2.45, 2.75) is 44.9 Å². The highest BCUT2D eigenvalue weighted by atomic mass is 16.5. The molecular formula is C29H40N4O13. The van der Waals surface area contributed by atoms with Crippen LogP contribution in [0.1, 0.15) is 44.1 Å². The van der Waals surface area contributed by atoms with Crippen molar-refractivity contribution in [2.75, 3.05) is 43.8 Å². The number of hydrogen-bond acceptors (Lipinski definition) is 11. The van der Waals surface area contributed by atoms with Crippen LogP contribution in [0.25, 0.3) is 0 Å². The third-order valence-corrected chi connectivity index (χ3v) is 5.79. The molecule has 1 aliphatic rings. The highest BCUT2D eigenvalue weighted by Crippen LogP contribution is 2.15. The molecule has 1 aromatic carbocycles. The molecule has 0 spiro atoms. The van der Waals surface area contributed by atoms with Crippen LogP contribution in [0.15, 0.2) is 42.6 Å². The number of ether oxygens (including phenoxy) is 1. The predicted octanol–water partition coefficient (Wildman–Crippen LogP) is 1.82. The van der Waals surface area contributed by atoms with Crippen molar-refractivity contribution >= 4 is 47.3 Å². The first-order valence-electron chi connectivity index (χ1n) is 14.0. The maximum absolute atomic E-state index is 9.10. The fraction of sp³-hybridized carbons (Fsp3) is 0.414. The first-order chi connectivity index (χ1) is 21.7. The zero-order valence-electron chi connectivity index (χ0n) is 25.0. The number of carboxylic acid groups (broad SMARTS) is 6. The van der Waals surface area contributed by atoms with E-state index in [2.05, 4.69) is 39.5 Å². The van der Waals surface area contributed by atoms with E-state index in [9.17, 15) is 0 Å². The molecule has 0 bridgehead atoms. The number of unbranched alkanes of at least 4 members (excludes halogenated alkanes) is 1. The number of nitrogens with zero attached hydrogens (tertiary/aromatic N) is 2. The van der Waals surface area contributed by atoms with Crippen LogP contribution in [0.4, 0.5) is 11.5 Å². The van der Waals surface area contributed by atoms with Crippen molar-refractivity contribution in [1.29, 1.82) is 0 Å². The van der Waals surface area contributed by atoms with Gasteiger partial charge in [-0.15, -0.1) is 0 Å². The highest BCUT2D eigenvalue weighted by molar-refractivity contribution is 6.28. The summed E-state index contributed by atoms with van der Waals surface area (Å²) in [4.78, 5) is 61.4. The first-order valence-corrected chi connectivity index (χ1v) is 14.0. The van der Waals surface area contributed by atoms with E-state index in [1.54, 1.807) is 6.20 Å². The molecule has 0 saturated carbocycles.